The predicted molar refractivity (Wildman–Crippen MR) is 68.8 cm³/mol. The molecule has 0 bridgehead atoms. The van der Waals surface area contributed by atoms with E-state index in [2.05, 4.69) is 4.98 Å². The molecule has 1 aliphatic carbocycles. The van der Waals surface area contributed by atoms with Crippen molar-refractivity contribution in [3.63, 3.8) is 0 Å². The summed E-state index contributed by atoms with van der Waals surface area (Å²) in [5.41, 5.74) is -0.732. The first kappa shape index (κ1) is 11.7. The lowest BCUT2D eigenvalue weighted by Crippen LogP contribution is -2.48. The van der Waals surface area contributed by atoms with Crippen LogP contribution in [-0.4, -0.2) is 33.3 Å². The fourth-order valence-electron chi connectivity index (χ4n) is 2.67. The van der Waals surface area contributed by atoms with Gasteiger partial charge in [0, 0.05) is 31.5 Å². The molecule has 1 N–H and O–H groups in total. The van der Waals surface area contributed by atoms with Crippen molar-refractivity contribution in [3.05, 3.63) is 22.7 Å². The lowest BCUT2D eigenvalue weighted by molar-refractivity contribution is 0.0446. The van der Waals surface area contributed by atoms with Gasteiger partial charge in [-0.1, -0.05) is 0 Å². The fraction of sp³-hybridized carbons (Fsp3) is 0.692. The molecule has 0 radical (unpaired) electrons. The van der Waals surface area contributed by atoms with E-state index >= 15 is 0 Å². The van der Waals surface area contributed by atoms with Crippen LogP contribution in [0.25, 0.3) is 0 Å². The van der Waals surface area contributed by atoms with Crippen LogP contribution in [0.5, 0.6) is 0 Å². The molecular formula is C13H19N3O2. The number of hydrogen-bond acceptors (Lipinski definition) is 4. The third-order valence-electron chi connectivity index (χ3n) is 3.76. The number of anilines is 1. The molecule has 18 heavy (non-hydrogen) atoms. The van der Waals surface area contributed by atoms with Crippen LogP contribution in [0.2, 0.25) is 0 Å². The Labute approximate surface area is 106 Å². The highest BCUT2D eigenvalue weighted by Crippen LogP contribution is 2.33. The molecule has 1 unspecified atom stereocenters. The minimum absolute atomic E-state index is 0.0160. The van der Waals surface area contributed by atoms with Crippen LogP contribution in [0.15, 0.2) is 17.2 Å². The molecule has 5 nitrogen and oxygen atoms in total. The van der Waals surface area contributed by atoms with Crippen molar-refractivity contribution < 1.29 is 5.11 Å². The molecule has 2 heterocycles. The van der Waals surface area contributed by atoms with Gasteiger partial charge in [-0.3, -0.25) is 4.79 Å². The number of hydrogen-bond donors (Lipinski definition) is 1. The second kappa shape index (κ2) is 4.09. The number of β-amino-alcohol motifs (C(OH)–C–C–N with tert-alkyl or cyclic N) is 1. The summed E-state index contributed by atoms with van der Waals surface area (Å²) in [7, 11) is 0. The van der Waals surface area contributed by atoms with Gasteiger partial charge in [0.25, 0.3) is 5.56 Å². The Hall–Kier alpha value is -1.36. The van der Waals surface area contributed by atoms with Crippen LogP contribution < -0.4 is 10.5 Å². The zero-order valence-electron chi connectivity index (χ0n) is 10.7. The van der Waals surface area contributed by atoms with Gasteiger partial charge in [0.1, 0.15) is 0 Å². The molecule has 1 atom stereocenters. The predicted octanol–water partition coefficient (Wildman–Crippen LogP) is 0.929. The second-order valence-electron chi connectivity index (χ2n) is 5.72. The minimum Gasteiger partial charge on any atom is -0.388 e. The Morgan fingerprint density at radius 2 is 2.28 bits per heavy atom. The Balaban J connectivity index is 1.92. The molecule has 1 saturated carbocycles. The molecule has 2 aliphatic rings. The lowest BCUT2D eigenvalue weighted by atomic mass is 9.95. The normalized spacial score (nSPS) is 28.4. The molecule has 1 aliphatic heterocycles. The van der Waals surface area contributed by atoms with Crippen molar-refractivity contribution in [1.82, 2.24) is 9.55 Å². The number of nitrogens with zero attached hydrogens (tertiary/aromatic N) is 3. The van der Waals surface area contributed by atoms with Crippen molar-refractivity contribution in [2.45, 2.75) is 44.2 Å². The lowest BCUT2D eigenvalue weighted by Gasteiger charge is -2.37. The van der Waals surface area contributed by atoms with Gasteiger partial charge >= 0.3 is 0 Å². The largest absolute Gasteiger partial charge is 0.388 e. The van der Waals surface area contributed by atoms with Gasteiger partial charge in [-0.15, -0.1) is 0 Å². The summed E-state index contributed by atoms with van der Waals surface area (Å²) in [6, 6.07) is 0.365. The second-order valence-corrected chi connectivity index (χ2v) is 5.72. The Morgan fingerprint density at radius 1 is 1.50 bits per heavy atom. The first-order valence-corrected chi connectivity index (χ1v) is 6.61. The molecular weight excluding hydrogens is 230 g/mol. The van der Waals surface area contributed by atoms with E-state index in [0.717, 1.165) is 32.2 Å². The Bertz CT molecular complexity index is 505. The number of piperidine rings is 1. The van der Waals surface area contributed by atoms with Crippen LogP contribution in [0.4, 0.5) is 5.82 Å². The van der Waals surface area contributed by atoms with Gasteiger partial charge in [-0.25, -0.2) is 4.98 Å². The van der Waals surface area contributed by atoms with Crippen molar-refractivity contribution in [1.29, 1.82) is 0 Å². The van der Waals surface area contributed by atoms with Crippen molar-refractivity contribution in [3.8, 4) is 0 Å². The number of aliphatic hydroxyl groups is 1. The SMILES string of the molecule is CC1(O)CCCN(c2nccn(C3CC3)c2=O)C1. The topological polar surface area (TPSA) is 58.4 Å². The summed E-state index contributed by atoms with van der Waals surface area (Å²) >= 11 is 0. The van der Waals surface area contributed by atoms with E-state index in [1.807, 2.05) is 11.8 Å². The van der Waals surface area contributed by atoms with E-state index in [1.165, 1.54) is 0 Å². The maximum Gasteiger partial charge on any atom is 0.293 e. The molecule has 1 aromatic heterocycles. The van der Waals surface area contributed by atoms with Gasteiger partial charge in [0.2, 0.25) is 0 Å². The van der Waals surface area contributed by atoms with Crippen LogP contribution in [0, 0.1) is 0 Å². The maximum atomic E-state index is 12.3. The summed E-state index contributed by atoms with van der Waals surface area (Å²) in [4.78, 5) is 18.5. The van der Waals surface area contributed by atoms with E-state index in [0.29, 0.717) is 18.4 Å². The van der Waals surface area contributed by atoms with Crippen LogP contribution in [0.1, 0.15) is 38.6 Å². The van der Waals surface area contributed by atoms with E-state index in [1.54, 1.807) is 17.0 Å². The maximum absolute atomic E-state index is 12.3. The minimum atomic E-state index is -0.716. The quantitative estimate of drug-likeness (QED) is 0.847. The highest BCUT2D eigenvalue weighted by molar-refractivity contribution is 5.37. The van der Waals surface area contributed by atoms with Gasteiger partial charge in [0.05, 0.1) is 5.60 Å². The number of aromatic nitrogens is 2. The van der Waals surface area contributed by atoms with E-state index in [9.17, 15) is 9.90 Å². The summed E-state index contributed by atoms with van der Waals surface area (Å²) in [6.45, 7) is 3.11. The van der Waals surface area contributed by atoms with E-state index in [-0.39, 0.29) is 5.56 Å². The van der Waals surface area contributed by atoms with E-state index < -0.39 is 5.60 Å². The molecule has 0 spiro atoms. The smallest absolute Gasteiger partial charge is 0.293 e. The van der Waals surface area contributed by atoms with Crippen molar-refractivity contribution >= 4 is 5.82 Å². The zero-order valence-corrected chi connectivity index (χ0v) is 10.7. The Morgan fingerprint density at radius 3 is 2.94 bits per heavy atom. The van der Waals surface area contributed by atoms with Crippen molar-refractivity contribution in [2.75, 3.05) is 18.0 Å². The average Bonchev–Trinajstić information content (AvgIpc) is 3.12. The Kier molecular flexibility index (Phi) is 2.66. The molecule has 0 aromatic carbocycles. The van der Waals surface area contributed by atoms with Crippen molar-refractivity contribution in [2.24, 2.45) is 0 Å². The first-order chi connectivity index (χ1) is 8.57. The monoisotopic (exact) mass is 249 g/mol. The molecule has 98 valence electrons. The fourth-order valence-corrected chi connectivity index (χ4v) is 2.67. The zero-order chi connectivity index (χ0) is 12.8. The molecule has 1 saturated heterocycles. The van der Waals surface area contributed by atoms with Gasteiger partial charge in [-0.05, 0) is 32.6 Å². The highest BCUT2D eigenvalue weighted by atomic mass is 16.3. The third kappa shape index (κ3) is 2.14. The first-order valence-electron chi connectivity index (χ1n) is 6.61. The molecule has 2 fully saturated rings. The summed E-state index contributed by atoms with van der Waals surface area (Å²) in [5, 5.41) is 10.1. The van der Waals surface area contributed by atoms with Gasteiger partial charge in [0.15, 0.2) is 5.82 Å². The third-order valence-corrected chi connectivity index (χ3v) is 3.76. The molecule has 0 amide bonds. The van der Waals surface area contributed by atoms with Crippen LogP contribution in [0.3, 0.4) is 0 Å². The standard InChI is InChI=1S/C13H19N3O2/c1-13(18)5-2-7-15(9-13)11-12(17)16(8-6-14-11)10-3-4-10/h6,8,10,18H,2-5,7,9H2,1H3. The number of rotatable bonds is 2. The van der Waals surface area contributed by atoms with Gasteiger partial charge < -0.3 is 14.6 Å². The van der Waals surface area contributed by atoms with Gasteiger partial charge in [-0.2, -0.15) is 0 Å². The summed E-state index contributed by atoms with van der Waals surface area (Å²) in [6.07, 6.45) is 7.31. The highest BCUT2D eigenvalue weighted by Gasteiger charge is 2.31. The van der Waals surface area contributed by atoms with Crippen LogP contribution in [-0.2, 0) is 0 Å². The van der Waals surface area contributed by atoms with Crippen LogP contribution >= 0.6 is 0 Å². The summed E-state index contributed by atoms with van der Waals surface area (Å²) < 4.78 is 1.78. The summed E-state index contributed by atoms with van der Waals surface area (Å²) in [5.74, 6) is 0.490. The average molecular weight is 249 g/mol. The molecule has 1 aromatic rings. The molecule has 3 rings (SSSR count). The van der Waals surface area contributed by atoms with E-state index in [4.69, 9.17) is 0 Å². The molecule has 5 heteroatoms.